The van der Waals surface area contributed by atoms with Gasteiger partial charge in [0.15, 0.2) is 0 Å². The first kappa shape index (κ1) is 21.4. The summed E-state index contributed by atoms with van der Waals surface area (Å²) in [5, 5.41) is 11.9. The number of ether oxygens (including phenoxy) is 1. The Kier molecular flexibility index (Phi) is 6.04. The molecule has 0 saturated carbocycles. The van der Waals surface area contributed by atoms with E-state index in [9.17, 15) is 13.2 Å². The number of aromatic nitrogens is 4. The molecule has 6 nitrogen and oxygen atoms in total. The van der Waals surface area contributed by atoms with E-state index in [1.165, 1.54) is 23.4 Å². The zero-order valence-corrected chi connectivity index (χ0v) is 17.6. The highest BCUT2D eigenvalue weighted by molar-refractivity contribution is 5.29. The number of nitrogens with one attached hydrogen (secondary N) is 1. The Hall–Kier alpha value is -2.81. The van der Waals surface area contributed by atoms with Crippen LogP contribution in [0.2, 0.25) is 0 Å². The van der Waals surface area contributed by atoms with Gasteiger partial charge in [0.25, 0.3) is 0 Å². The third-order valence-electron chi connectivity index (χ3n) is 5.89. The van der Waals surface area contributed by atoms with Gasteiger partial charge in [-0.15, -0.1) is 0 Å². The van der Waals surface area contributed by atoms with Gasteiger partial charge >= 0.3 is 6.18 Å². The number of hydrogen-bond donors (Lipinski definition) is 1. The highest BCUT2D eigenvalue weighted by Crippen LogP contribution is 2.30. The van der Waals surface area contributed by atoms with Gasteiger partial charge in [0.05, 0.1) is 24.1 Å². The molecule has 2 aromatic heterocycles. The molecule has 0 amide bonds. The third-order valence-corrected chi connectivity index (χ3v) is 5.89. The van der Waals surface area contributed by atoms with E-state index in [1.54, 1.807) is 0 Å². The van der Waals surface area contributed by atoms with Crippen LogP contribution in [0, 0.1) is 6.92 Å². The Morgan fingerprint density at radius 3 is 2.68 bits per heavy atom. The second kappa shape index (κ2) is 8.74. The SMILES string of the molecule is Cc1c(CN2CC[C@H](c3cc(CCOc4ccc(C(F)(F)F)cc4)[nH]n3)C2)cnn1C. The summed E-state index contributed by atoms with van der Waals surface area (Å²) in [5.74, 6) is 0.808. The van der Waals surface area contributed by atoms with Gasteiger partial charge in [0.1, 0.15) is 5.75 Å². The Morgan fingerprint density at radius 1 is 1.23 bits per heavy atom. The Morgan fingerprint density at radius 2 is 2.00 bits per heavy atom. The number of likely N-dealkylation sites (tertiary alicyclic amines) is 1. The zero-order chi connectivity index (χ0) is 22.0. The molecule has 1 atom stereocenters. The van der Waals surface area contributed by atoms with E-state index in [0.717, 1.165) is 49.6 Å². The fourth-order valence-corrected chi connectivity index (χ4v) is 3.89. The monoisotopic (exact) mass is 433 g/mol. The van der Waals surface area contributed by atoms with Crippen LogP contribution in [0.1, 0.15) is 40.5 Å². The minimum Gasteiger partial charge on any atom is -0.493 e. The largest absolute Gasteiger partial charge is 0.493 e. The molecule has 1 N–H and O–H groups in total. The molecule has 0 radical (unpaired) electrons. The van der Waals surface area contributed by atoms with E-state index in [2.05, 4.69) is 33.2 Å². The predicted octanol–water partition coefficient (Wildman–Crippen LogP) is 4.08. The first-order valence-corrected chi connectivity index (χ1v) is 10.3. The number of aromatic amines is 1. The molecular weight excluding hydrogens is 407 g/mol. The van der Waals surface area contributed by atoms with Gasteiger partial charge in [0.2, 0.25) is 0 Å². The molecule has 1 aromatic carbocycles. The van der Waals surface area contributed by atoms with E-state index in [4.69, 9.17) is 4.74 Å². The molecule has 0 aliphatic carbocycles. The van der Waals surface area contributed by atoms with Crippen LogP contribution in [-0.4, -0.2) is 44.6 Å². The maximum atomic E-state index is 12.6. The van der Waals surface area contributed by atoms with Crippen molar-refractivity contribution in [3.8, 4) is 5.75 Å². The molecule has 1 aliphatic rings. The quantitative estimate of drug-likeness (QED) is 0.610. The summed E-state index contributed by atoms with van der Waals surface area (Å²) in [7, 11) is 1.96. The van der Waals surface area contributed by atoms with Crippen molar-refractivity contribution in [1.29, 1.82) is 0 Å². The van der Waals surface area contributed by atoms with Gasteiger partial charge in [-0.25, -0.2) is 0 Å². The summed E-state index contributed by atoms with van der Waals surface area (Å²) in [6.45, 7) is 5.33. The van der Waals surface area contributed by atoms with Crippen LogP contribution in [0.25, 0.3) is 0 Å². The minimum absolute atomic E-state index is 0.365. The smallest absolute Gasteiger partial charge is 0.416 e. The lowest BCUT2D eigenvalue weighted by Gasteiger charge is -2.15. The Bertz CT molecular complexity index is 1010. The van der Waals surface area contributed by atoms with Crippen LogP contribution in [0.4, 0.5) is 13.2 Å². The minimum atomic E-state index is -4.34. The molecule has 1 saturated heterocycles. The summed E-state index contributed by atoms with van der Waals surface area (Å²) in [5.41, 5.74) is 3.78. The summed E-state index contributed by atoms with van der Waals surface area (Å²) in [4.78, 5) is 2.43. The number of benzene rings is 1. The molecule has 0 unspecified atom stereocenters. The number of alkyl halides is 3. The predicted molar refractivity (Wildman–Crippen MR) is 110 cm³/mol. The summed E-state index contributed by atoms with van der Waals surface area (Å²) in [6, 6.07) is 6.82. The van der Waals surface area contributed by atoms with E-state index < -0.39 is 11.7 Å². The van der Waals surface area contributed by atoms with Crippen molar-refractivity contribution in [2.45, 2.75) is 38.4 Å². The van der Waals surface area contributed by atoms with Crippen LogP contribution in [0.15, 0.2) is 36.5 Å². The second-order valence-electron chi connectivity index (χ2n) is 8.04. The summed E-state index contributed by atoms with van der Waals surface area (Å²) in [6.07, 6.45) is -0.728. The van der Waals surface area contributed by atoms with Gasteiger partial charge in [-0.05, 0) is 50.2 Å². The highest BCUT2D eigenvalue weighted by atomic mass is 19.4. The number of aryl methyl sites for hydroxylation is 1. The van der Waals surface area contributed by atoms with Crippen molar-refractivity contribution in [2.24, 2.45) is 7.05 Å². The fraction of sp³-hybridized carbons (Fsp3) is 0.455. The molecule has 3 aromatic rings. The molecule has 1 fully saturated rings. The normalized spacial score (nSPS) is 17.4. The van der Waals surface area contributed by atoms with Crippen LogP contribution in [0.3, 0.4) is 0 Å². The average Bonchev–Trinajstić information content (AvgIpc) is 3.45. The van der Waals surface area contributed by atoms with Crippen molar-refractivity contribution < 1.29 is 17.9 Å². The van der Waals surface area contributed by atoms with Gasteiger partial charge in [-0.1, -0.05) is 0 Å². The van der Waals surface area contributed by atoms with Crippen LogP contribution in [0.5, 0.6) is 5.75 Å². The molecule has 1 aliphatic heterocycles. The Labute approximate surface area is 179 Å². The highest BCUT2D eigenvalue weighted by Gasteiger charge is 2.30. The lowest BCUT2D eigenvalue weighted by Crippen LogP contribution is -2.20. The van der Waals surface area contributed by atoms with Crippen molar-refractivity contribution in [1.82, 2.24) is 24.9 Å². The average molecular weight is 433 g/mol. The van der Waals surface area contributed by atoms with Gasteiger partial charge in [-0.3, -0.25) is 14.7 Å². The van der Waals surface area contributed by atoms with Crippen molar-refractivity contribution >= 4 is 0 Å². The molecule has 166 valence electrons. The molecule has 0 bridgehead atoms. The fourth-order valence-electron chi connectivity index (χ4n) is 3.89. The number of halogens is 3. The second-order valence-corrected chi connectivity index (χ2v) is 8.04. The first-order chi connectivity index (χ1) is 14.8. The van der Waals surface area contributed by atoms with E-state index in [1.807, 2.05) is 17.9 Å². The van der Waals surface area contributed by atoms with E-state index in [-0.39, 0.29) is 0 Å². The maximum absolute atomic E-state index is 12.6. The molecule has 0 spiro atoms. The van der Waals surface area contributed by atoms with Crippen molar-refractivity contribution in [3.63, 3.8) is 0 Å². The Balaban J connectivity index is 1.25. The maximum Gasteiger partial charge on any atom is 0.416 e. The van der Waals surface area contributed by atoms with Crippen LogP contribution >= 0.6 is 0 Å². The number of hydrogen-bond acceptors (Lipinski definition) is 4. The summed E-state index contributed by atoms with van der Waals surface area (Å²) >= 11 is 0. The lowest BCUT2D eigenvalue weighted by atomic mass is 10.0. The van der Waals surface area contributed by atoms with E-state index >= 15 is 0 Å². The third kappa shape index (κ3) is 5.10. The lowest BCUT2D eigenvalue weighted by molar-refractivity contribution is -0.137. The molecule has 3 heterocycles. The molecular formula is C22H26F3N5O. The zero-order valence-electron chi connectivity index (χ0n) is 17.6. The van der Waals surface area contributed by atoms with Gasteiger partial charge < -0.3 is 4.74 Å². The first-order valence-electron chi connectivity index (χ1n) is 10.3. The molecule has 31 heavy (non-hydrogen) atoms. The number of nitrogens with zero attached hydrogens (tertiary/aromatic N) is 4. The standard InChI is InChI=1S/C22H26F3N5O/c1-15-17(12-26-29(15)2)14-30-9-7-16(13-30)21-11-19(27-28-21)8-10-31-20-5-3-18(4-6-20)22(23,24)25/h3-6,11-12,16H,7-10,13-14H2,1-2H3,(H,27,28)/t16-/m0/s1. The van der Waals surface area contributed by atoms with E-state index in [0.29, 0.717) is 24.7 Å². The van der Waals surface area contributed by atoms with Crippen LogP contribution in [-0.2, 0) is 26.2 Å². The number of rotatable bonds is 7. The summed E-state index contributed by atoms with van der Waals surface area (Å²) < 4.78 is 45.3. The van der Waals surface area contributed by atoms with Gasteiger partial charge in [0, 0.05) is 49.4 Å². The van der Waals surface area contributed by atoms with Crippen LogP contribution < -0.4 is 4.74 Å². The topological polar surface area (TPSA) is 59.0 Å². The molecule has 4 rings (SSSR count). The molecule has 9 heteroatoms. The van der Waals surface area contributed by atoms with Gasteiger partial charge in [-0.2, -0.15) is 23.4 Å². The number of H-pyrrole nitrogens is 1. The van der Waals surface area contributed by atoms with Crippen molar-refractivity contribution in [2.75, 3.05) is 19.7 Å². The van der Waals surface area contributed by atoms with Crippen molar-refractivity contribution in [3.05, 3.63) is 64.7 Å².